The Labute approximate surface area is 131 Å². The lowest BCUT2D eigenvalue weighted by atomic mass is 10.3. The molecule has 1 aromatic heterocycles. The van der Waals surface area contributed by atoms with Crippen molar-refractivity contribution in [3.63, 3.8) is 0 Å². The van der Waals surface area contributed by atoms with Gasteiger partial charge in [0.05, 0.1) is 19.3 Å². The lowest BCUT2D eigenvalue weighted by Gasteiger charge is -2.17. The Balaban J connectivity index is 2.00. The molecule has 0 spiro atoms. The Bertz CT molecular complexity index is 636. The van der Waals surface area contributed by atoms with Crippen LogP contribution in [0.1, 0.15) is 0 Å². The first-order valence-corrected chi connectivity index (χ1v) is 7.02. The molecule has 1 N–H and O–H groups in total. The van der Waals surface area contributed by atoms with Crippen LogP contribution in [0.5, 0.6) is 5.88 Å². The number of benzene rings is 1. The van der Waals surface area contributed by atoms with Crippen LogP contribution in [0.2, 0.25) is 0 Å². The van der Waals surface area contributed by atoms with Gasteiger partial charge in [-0.1, -0.05) is 12.1 Å². The Morgan fingerprint density at radius 2 is 2.14 bits per heavy atom. The summed E-state index contributed by atoms with van der Waals surface area (Å²) in [6.07, 6.45) is 1.59. The van der Waals surface area contributed by atoms with E-state index in [4.69, 9.17) is 4.74 Å². The SMILES string of the molecule is COc1ccnc(N(C)CC(=O)Nc2ccccc2Br)n1. The third kappa shape index (κ3) is 4.16. The molecule has 21 heavy (non-hydrogen) atoms. The lowest BCUT2D eigenvalue weighted by Crippen LogP contribution is -2.31. The molecular weight excluding hydrogens is 336 g/mol. The van der Waals surface area contributed by atoms with Crippen LogP contribution >= 0.6 is 15.9 Å². The number of hydrogen-bond donors (Lipinski definition) is 1. The lowest BCUT2D eigenvalue weighted by molar-refractivity contribution is -0.114. The maximum Gasteiger partial charge on any atom is 0.244 e. The van der Waals surface area contributed by atoms with Crippen molar-refractivity contribution in [1.29, 1.82) is 0 Å². The summed E-state index contributed by atoms with van der Waals surface area (Å²) in [5.41, 5.74) is 0.725. The quantitative estimate of drug-likeness (QED) is 0.896. The van der Waals surface area contributed by atoms with Gasteiger partial charge in [0.1, 0.15) is 0 Å². The van der Waals surface area contributed by atoms with Gasteiger partial charge in [0, 0.05) is 23.8 Å². The van der Waals surface area contributed by atoms with Crippen LogP contribution in [-0.2, 0) is 4.79 Å². The second-order valence-electron chi connectivity index (χ2n) is 4.28. The van der Waals surface area contributed by atoms with Gasteiger partial charge in [0.15, 0.2) is 0 Å². The molecule has 110 valence electrons. The average molecular weight is 351 g/mol. The number of aromatic nitrogens is 2. The number of nitrogens with one attached hydrogen (secondary N) is 1. The molecule has 0 aliphatic heterocycles. The largest absolute Gasteiger partial charge is 0.481 e. The average Bonchev–Trinajstić information content (AvgIpc) is 2.49. The fourth-order valence-corrected chi connectivity index (χ4v) is 2.05. The number of nitrogens with zero attached hydrogens (tertiary/aromatic N) is 3. The number of para-hydroxylation sites is 1. The normalized spacial score (nSPS) is 10.0. The zero-order valence-corrected chi connectivity index (χ0v) is 13.3. The smallest absolute Gasteiger partial charge is 0.244 e. The molecule has 0 saturated carbocycles. The highest BCUT2D eigenvalue weighted by molar-refractivity contribution is 9.10. The van der Waals surface area contributed by atoms with Crippen LogP contribution in [0.3, 0.4) is 0 Å². The van der Waals surface area contributed by atoms with Gasteiger partial charge in [0.25, 0.3) is 0 Å². The highest BCUT2D eigenvalue weighted by Crippen LogP contribution is 2.21. The fourth-order valence-electron chi connectivity index (χ4n) is 1.67. The fraction of sp³-hybridized carbons (Fsp3) is 0.214. The summed E-state index contributed by atoms with van der Waals surface area (Å²) in [6.45, 7) is 0.133. The summed E-state index contributed by atoms with van der Waals surface area (Å²) in [6, 6.07) is 9.08. The molecule has 1 aromatic carbocycles. The number of carbonyl (C=O) groups excluding carboxylic acids is 1. The first-order chi connectivity index (χ1) is 10.1. The van der Waals surface area contributed by atoms with Gasteiger partial charge in [-0.05, 0) is 28.1 Å². The van der Waals surface area contributed by atoms with E-state index in [-0.39, 0.29) is 12.5 Å². The van der Waals surface area contributed by atoms with E-state index in [1.54, 1.807) is 24.2 Å². The minimum atomic E-state index is -0.157. The van der Waals surface area contributed by atoms with Crippen molar-refractivity contribution in [2.75, 3.05) is 30.9 Å². The minimum Gasteiger partial charge on any atom is -0.481 e. The molecule has 0 unspecified atom stereocenters. The Morgan fingerprint density at radius 1 is 1.38 bits per heavy atom. The van der Waals surface area contributed by atoms with Crippen molar-refractivity contribution in [3.8, 4) is 5.88 Å². The molecule has 1 heterocycles. The molecule has 0 saturated heterocycles. The summed E-state index contributed by atoms with van der Waals surface area (Å²) < 4.78 is 5.87. The van der Waals surface area contributed by atoms with Gasteiger partial charge in [-0.3, -0.25) is 4.79 Å². The molecule has 0 radical (unpaired) electrons. The van der Waals surface area contributed by atoms with Gasteiger partial charge < -0.3 is 15.0 Å². The molecule has 0 fully saturated rings. The van der Waals surface area contributed by atoms with E-state index in [0.717, 1.165) is 10.2 Å². The Hall–Kier alpha value is -2.15. The van der Waals surface area contributed by atoms with E-state index in [2.05, 4.69) is 31.2 Å². The number of amides is 1. The Morgan fingerprint density at radius 3 is 2.86 bits per heavy atom. The number of hydrogen-bond acceptors (Lipinski definition) is 5. The van der Waals surface area contributed by atoms with E-state index >= 15 is 0 Å². The highest BCUT2D eigenvalue weighted by Gasteiger charge is 2.11. The van der Waals surface area contributed by atoms with Crippen molar-refractivity contribution < 1.29 is 9.53 Å². The number of ether oxygens (including phenoxy) is 1. The molecule has 0 atom stereocenters. The summed E-state index contributed by atoms with van der Waals surface area (Å²) >= 11 is 3.39. The monoisotopic (exact) mass is 350 g/mol. The van der Waals surface area contributed by atoms with Crippen molar-refractivity contribution in [1.82, 2.24) is 9.97 Å². The van der Waals surface area contributed by atoms with Crippen molar-refractivity contribution >= 4 is 33.5 Å². The van der Waals surface area contributed by atoms with Crippen LogP contribution in [-0.4, -0.2) is 36.6 Å². The van der Waals surface area contributed by atoms with E-state index < -0.39 is 0 Å². The second kappa shape index (κ2) is 7.03. The van der Waals surface area contributed by atoms with Crippen LogP contribution in [0.25, 0.3) is 0 Å². The number of halogens is 1. The summed E-state index contributed by atoms with van der Waals surface area (Å²) in [4.78, 5) is 22.0. The molecule has 7 heteroatoms. The highest BCUT2D eigenvalue weighted by atomic mass is 79.9. The molecule has 0 aliphatic rings. The third-order valence-corrected chi connectivity index (χ3v) is 3.39. The number of likely N-dealkylation sites (N-methyl/N-ethyl adjacent to an activating group) is 1. The predicted molar refractivity (Wildman–Crippen MR) is 84.6 cm³/mol. The zero-order valence-electron chi connectivity index (χ0n) is 11.7. The van der Waals surface area contributed by atoms with E-state index in [1.165, 1.54) is 7.11 Å². The number of carbonyl (C=O) groups is 1. The zero-order chi connectivity index (χ0) is 15.2. The topological polar surface area (TPSA) is 67.3 Å². The number of rotatable bonds is 5. The molecular formula is C14H15BrN4O2. The predicted octanol–water partition coefficient (Wildman–Crippen LogP) is 2.32. The molecule has 6 nitrogen and oxygen atoms in total. The molecule has 0 bridgehead atoms. The summed E-state index contributed by atoms with van der Waals surface area (Å²) in [7, 11) is 3.28. The van der Waals surface area contributed by atoms with Crippen molar-refractivity contribution in [2.45, 2.75) is 0 Å². The van der Waals surface area contributed by atoms with Crippen molar-refractivity contribution in [2.24, 2.45) is 0 Å². The van der Waals surface area contributed by atoms with Gasteiger partial charge in [-0.15, -0.1) is 0 Å². The van der Waals surface area contributed by atoms with Gasteiger partial charge in [-0.2, -0.15) is 4.98 Å². The maximum atomic E-state index is 12.0. The van der Waals surface area contributed by atoms with Crippen LogP contribution < -0.4 is 15.0 Å². The molecule has 0 aliphatic carbocycles. The standard InChI is InChI=1S/C14H15BrN4O2/c1-19(14-16-8-7-13(18-14)21-2)9-12(20)17-11-6-4-3-5-10(11)15/h3-8H,9H2,1-2H3,(H,17,20). The van der Waals surface area contributed by atoms with E-state index in [0.29, 0.717) is 11.8 Å². The van der Waals surface area contributed by atoms with Crippen LogP contribution in [0.15, 0.2) is 41.0 Å². The second-order valence-corrected chi connectivity index (χ2v) is 5.14. The first kappa shape index (κ1) is 15.2. The van der Waals surface area contributed by atoms with Crippen LogP contribution in [0, 0.1) is 0 Å². The number of methoxy groups -OCH3 is 1. The molecule has 1 amide bonds. The van der Waals surface area contributed by atoms with Gasteiger partial charge >= 0.3 is 0 Å². The van der Waals surface area contributed by atoms with E-state index in [1.807, 2.05) is 24.3 Å². The summed E-state index contributed by atoms with van der Waals surface area (Å²) in [5, 5.41) is 2.83. The third-order valence-electron chi connectivity index (χ3n) is 2.70. The molecule has 2 aromatic rings. The minimum absolute atomic E-state index is 0.133. The summed E-state index contributed by atoms with van der Waals surface area (Å²) in [5.74, 6) is 0.727. The Kier molecular flexibility index (Phi) is 5.10. The van der Waals surface area contributed by atoms with Gasteiger partial charge in [0.2, 0.25) is 17.7 Å². The van der Waals surface area contributed by atoms with Crippen LogP contribution in [0.4, 0.5) is 11.6 Å². The first-order valence-electron chi connectivity index (χ1n) is 6.22. The van der Waals surface area contributed by atoms with Gasteiger partial charge in [-0.25, -0.2) is 4.98 Å². The van der Waals surface area contributed by atoms with Crippen molar-refractivity contribution in [3.05, 3.63) is 41.0 Å². The maximum absolute atomic E-state index is 12.0. The number of anilines is 2. The molecule has 2 rings (SSSR count). The van der Waals surface area contributed by atoms with E-state index in [9.17, 15) is 4.79 Å².